The van der Waals surface area contributed by atoms with Gasteiger partial charge in [-0.05, 0) is 50.9 Å². The zero-order valence-corrected chi connectivity index (χ0v) is 15.8. The van der Waals surface area contributed by atoms with Crippen LogP contribution in [-0.2, 0) is 17.8 Å². The number of carbonyl (C=O) groups excluding carboxylic acids is 1. The fourth-order valence-corrected chi connectivity index (χ4v) is 3.62. The van der Waals surface area contributed by atoms with Crippen molar-refractivity contribution in [3.63, 3.8) is 0 Å². The Morgan fingerprint density at radius 3 is 2.70 bits per heavy atom. The van der Waals surface area contributed by atoms with Crippen molar-refractivity contribution in [3.8, 4) is 0 Å². The SMILES string of the molecule is CCOC(=O)c1cn(C[C@@H]2CCCN2Cc2ccc(F)cc2)cc(C)c1=O. The summed E-state index contributed by atoms with van der Waals surface area (Å²) in [6.07, 6.45) is 5.53. The molecule has 1 saturated heterocycles. The Kier molecular flexibility index (Phi) is 6.06. The van der Waals surface area contributed by atoms with Crippen LogP contribution in [0.25, 0.3) is 0 Å². The van der Waals surface area contributed by atoms with E-state index >= 15 is 0 Å². The number of ether oxygens (including phenoxy) is 1. The van der Waals surface area contributed by atoms with Crippen LogP contribution >= 0.6 is 0 Å². The highest BCUT2D eigenvalue weighted by Gasteiger charge is 2.25. The Hall–Kier alpha value is -2.47. The van der Waals surface area contributed by atoms with Crippen molar-refractivity contribution >= 4 is 5.97 Å². The van der Waals surface area contributed by atoms with Gasteiger partial charge >= 0.3 is 5.97 Å². The molecule has 6 heteroatoms. The van der Waals surface area contributed by atoms with E-state index in [4.69, 9.17) is 4.74 Å². The van der Waals surface area contributed by atoms with E-state index in [1.54, 1.807) is 26.2 Å². The van der Waals surface area contributed by atoms with Crippen molar-refractivity contribution in [2.24, 2.45) is 0 Å². The first-order valence-corrected chi connectivity index (χ1v) is 9.34. The van der Waals surface area contributed by atoms with Crippen molar-refractivity contribution in [2.75, 3.05) is 13.2 Å². The number of hydrogen-bond acceptors (Lipinski definition) is 4. The smallest absolute Gasteiger partial charge is 0.343 e. The molecule has 0 saturated carbocycles. The first kappa shape index (κ1) is 19.3. The van der Waals surface area contributed by atoms with Crippen LogP contribution in [0.1, 0.15) is 41.3 Å². The van der Waals surface area contributed by atoms with E-state index in [1.807, 2.05) is 16.7 Å². The second-order valence-corrected chi connectivity index (χ2v) is 6.99. The number of likely N-dealkylation sites (tertiary alicyclic amines) is 1. The highest BCUT2D eigenvalue weighted by Crippen LogP contribution is 2.22. The van der Waals surface area contributed by atoms with Gasteiger partial charge in [-0.3, -0.25) is 9.69 Å². The van der Waals surface area contributed by atoms with E-state index in [0.717, 1.165) is 31.5 Å². The number of pyridine rings is 1. The molecule has 0 aliphatic carbocycles. The fraction of sp³-hybridized carbons (Fsp3) is 0.429. The lowest BCUT2D eigenvalue weighted by molar-refractivity contribution is 0.0523. The van der Waals surface area contributed by atoms with Crippen molar-refractivity contribution in [3.05, 3.63) is 69.4 Å². The molecule has 1 fully saturated rings. The van der Waals surface area contributed by atoms with Gasteiger partial charge < -0.3 is 9.30 Å². The summed E-state index contributed by atoms with van der Waals surface area (Å²) in [7, 11) is 0. The van der Waals surface area contributed by atoms with Crippen LogP contribution in [0.3, 0.4) is 0 Å². The maximum Gasteiger partial charge on any atom is 0.343 e. The molecule has 0 amide bonds. The second kappa shape index (κ2) is 8.48. The molecule has 1 aliphatic heterocycles. The van der Waals surface area contributed by atoms with E-state index in [2.05, 4.69) is 4.90 Å². The summed E-state index contributed by atoms with van der Waals surface area (Å²) >= 11 is 0. The van der Waals surface area contributed by atoms with E-state index in [-0.39, 0.29) is 23.4 Å². The standard InChI is InChI=1S/C21H25FN2O3/c1-3-27-21(26)19-14-23(11-15(2)20(19)25)13-18-5-4-10-24(18)12-16-6-8-17(22)9-7-16/h6-9,11,14,18H,3-5,10,12-13H2,1-2H3/t18-/m0/s1. The average molecular weight is 372 g/mol. The van der Waals surface area contributed by atoms with Crippen molar-refractivity contribution in [2.45, 2.75) is 45.8 Å². The maximum absolute atomic E-state index is 13.1. The third-order valence-electron chi connectivity index (χ3n) is 4.97. The molecular formula is C21H25FN2O3. The van der Waals surface area contributed by atoms with Crippen LogP contribution in [0.4, 0.5) is 4.39 Å². The minimum Gasteiger partial charge on any atom is -0.462 e. The lowest BCUT2D eigenvalue weighted by Crippen LogP contribution is -2.33. The zero-order valence-electron chi connectivity index (χ0n) is 15.8. The van der Waals surface area contributed by atoms with Crippen LogP contribution in [0.15, 0.2) is 41.5 Å². The van der Waals surface area contributed by atoms with Crippen LogP contribution in [-0.4, -0.2) is 34.6 Å². The Labute approximate surface area is 158 Å². The molecule has 144 valence electrons. The van der Waals surface area contributed by atoms with Gasteiger partial charge in [0.05, 0.1) is 6.61 Å². The van der Waals surface area contributed by atoms with Gasteiger partial charge in [0.15, 0.2) is 5.43 Å². The number of rotatable bonds is 6. The molecule has 0 spiro atoms. The third-order valence-corrected chi connectivity index (χ3v) is 4.97. The number of nitrogens with zero attached hydrogens (tertiary/aromatic N) is 2. The predicted octanol–water partition coefficient (Wildman–Crippen LogP) is 3.14. The van der Waals surface area contributed by atoms with Gasteiger partial charge in [0, 0.05) is 37.1 Å². The summed E-state index contributed by atoms with van der Waals surface area (Å²) < 4.78 is 20.0. The molecule has 0 bridgehead atoms. The Morgan fingerprint density at radius 2 is 2.00 bits per heavy atom. The Bertz CT molecular complexity index is 861. The van der Waals surface area contributed by atoms with Crippen LogP contribution < -0.4 is 5.43 Å². The van der Waals surface area contributed by atoms with Gasteiger partial charge in [-0.2, -0.15) is 0 Å². The molecule has 3 rings (SSSR count). The van der Waals surface area contributed by atoms with Crippen LogP contribution in [0, 0.1) is 12.7 Å². The zero-order chi connectivity index (χ0) is 19.4. The van der Waals surface area contributed by atoms with Crippen LogP contribution in [0.5, 0.6) is 0 Å². The maximum atomic E-state index is 13.1. The van der Waals surface area contributed by atoms with Gasteiger partial charge in [-0.1, -0.05) is 12.1 Å². The number of hydrogen-bond donors (Lipinski definition) is 0. The van der Waals surface area contributed by atoms with Crippen molar-refractivity contribution in [1.82, 2.24) is 9.47 Å². The molecule has 27 heavy (non-hydrogen) atoms. The predicted molar refractivity (Wildman–Crippen MR) is 101 cm³/mol. The van der Waals surface area contributed by atoms with Gasteiger partial charge in [0.25, 0.3) is 0 Å². The molecule has 1 atom stereocenters. The molecule has 0 N–H and O–H groups in total. The number of benzene rings is 1. The Morgan fingerprint density at radius 1 is 1.26 bits per heavy atom. The molecule has 1 aromatic carbocycles. The topological polar surface area (TPSA) is 51.5 Å². The minimum atomic E-state index is -0.574. The van der Waals surface area contributed by atoms with Crippen LogP contribution in [0.2, 0.25) is 0 Å². The Balaban J connectivity index is 1.76. The summed E-state index contributed by atoms with van der Waals surface area (Å²) in [6.45, 7) is 6.10. The number of esters is 1. The van der Waals surface area contributed by atoms with Gasteiger partial charge in [0.2, 0.25) is 0 Å². The van der Waals surface area contributed by atoms with Crippen molar-refractivity contribution in [1.29, 1.82) is 0 Å². The van der Waals surface area contributed by atoms with E-state index < -0.39 is 5.97 Å². The van der Waals surface area contributed by atoms with Crippen molar-refractivity contribution < 1.29 is 13.9 Å². The molecule has 0 radical (unpaired) electrons. The summed E-state index contributed by atoms with van der Waals surface area (Å²) in [6, 6.07) is 6.89. The van der Waals surface area contributed by atoms with Gasteiger partial charge in [-0.15, -0.1) is 0 Å². The highest BCUT2D eigenvalue weighted by atomic mass is 19.1. The number of aromatic nitrogens is 1. The summed E-state index contributed by atoms with van der Waals surface area (Å²) in [4.78, 5) is 26.7. The molecule has 5 nitrogen and oxygen atoms in total. The second-order valence-electron chi connectivity index (χ2n) is 6.99. The lowest BCUT2D eigenvalue weighted by Gasteiger charge is -2.26. The van der Waals surface area contributed by atoms with E-state index in [9.17, 15) is 14.0 Å². The molecule has 1 aliphatic rings. The number of halogens is 1. The number of aryl methyl sites for hydroxylation is 1. The summed E-state index contributed by atoms with van der Waals surface area (Å²) in [5.74, 6) is -0.804. The first-order valence-electron chi connectivity index (χ1n) is 9.34. The lowest BCUT2D eigenvalue weighted by atomic mass is 10.1. The normalized spacial score (nSPS) is 17.2. The van der Waals surface area contributed by atoms with E-state index in [1.165, 1.54) is 12.1 Å². The quantitative estimate of drug-likeness (QED) is 0.731. The monoisotopic (exact) mass is 372 g/mol. The molecule has 0 unspecified atom stereocenters. The fourth-order valence-electron chi connectivity index (χ4n) is 3.62. The largest absolute Gasteiger partial charge is 0.462 e. The van der Waals surface area contributed by atoms with Gasteiger partial charge in [-0.25, -0.2) is 9.18 Å². The minimum absolute atomic E-state index is 0.0833. The average Bonchev–Trinajstić information content (AvgIpc) is 3.06. The number of carbonyl (C=O) groups is 1. The summed E-state index contributed by atoms with van der Waals surface area (Å²) in [5, 5.41) is 0. The first-order chi connectivity index (χ1) is 13.0. The molecular weight excluding hydrogens is 347 g/mol. The molecule has 2 aromatic rings. The summed E-state index contributed by atoms with van der Waals surface area (Å²) in [5.41, 5.74) is 1.41. The molecule has 2 heterocycles. The van der Waals surface area contributed by atoms with E-state index in [0.29, 0.717) is 18.2 Å². The molecule has 1 aromatic heterocycles. The third kappa shape index (κ3) is 4.63. The highest BCUT2D eigenvalue weighted by molar-refractivity contribution is 5.89. The van der Waals surface area contributed by atoms with Gasteiger partial charge in [0.1, 0.15) is 11.4 Å².